The van der Waals surface area contributed by atoms with Crippen molar-refractivity contribution in [1.82, 2.24) is 15.2 Å². The molecule has 1 aromatic heterocycles. The van der Waals surface area contributed by atoms with Gasteiger partial charge in [-0.1, -0.05) is 18.2 Å². The minimum atomic E-state index is -0.291. The van der Waals surface area contributed by atoms with Gasteiger partial charge in [0.1, 0.15) is 5.69 Å². The predicted molar refractivity (Wildman–Crippen MR) is 81.7 cm³/mol. The Kier molecular flexibility index (Phi) is 3.51. The van der Waals surface area contributed by atoms with Crippen LogP contribution in [0.5, 0.6) is 0 Å². The van der Waals surface area contributed by atoms with E-state index < -0.39 is 0 Å². The van der Waals surface area contributed by atoms with Gasteiger partial charge in [-0.05, 0) is 24.6 Å². The van der Waals surface area contributed by atoms with Crippen LogP contribution in [0.4, 0.5) is 4.39 Å². The van der Waals surface area contributed by atoms with E-state index in [0.717, 1.165) is 18.5 Å². The third kappa shape index (κ3) is 2.45. The summed E-state index contributed by atoms with van der Waals surface area (Å²) in [6.07, 6.45) is 2.97. The SMILES string of the molecule is CN(C)C(=O)c1cc2ccc(C3=CCCNC3)c(F)c2[nH]1. The summed E-state index contributed by atoms with van der Waals surface area (Å²) >= 11 is 0. The highest BCUT2D eigenvalue weighted by Crippen LogP contribution is 2.27. The summed E-state index contributed by atoms with van der Waals surface area (Å²) in [4.78, 5) is 16.3. The van der Waals surface area contributed by atoms with Crippen molar-refractivity contribution < 1.29 is 9.18 Å². The molecule has 5 heteroatoms. The molecule has 0 spiro atoms. The lowest BCUT2D eigenvalue weighted by Crippen LogP contribution is -2.22. The molecule has 0 atom stereocenters. The van der Waals surface area contributed by atoms with Crippen molar-refractivity contribution in [2.75, 3.05) is 27.2 Å². The van der Waals surface area contributed by atoms with Gasteiger partial charge in [-0.3, -0.25) is 4.79 Å². The number of aromatic amines is 1. The Hall–Kier alpha value is -2.14. The average Bonchev–Trinajstić information content (AvgIpc) is 2.92. The number of halogens is 1. The van der Waals surface area contributed by atoms with Gasteiger partial charge >= 0.3 is 0 Å². The number of nitrogens with one attached hydrogen (secondary N) is 2. The zero-order valence-electron chi connectivity index (χ0n) is 12.2. The molecule has 1 aliphatic heterocycles. The number of rotatable bonds is 2. The molecular weight excluding hydrogens is 269 g/mol. The first kappa shape index (κ1) is 13.8. The van der Waals surface area contributed by atoms with Gasteiger partial charge in [0.05, 0.1) is 5.52 Å². The quantitative estimate of drug-likeness (QED) is 0.891. The van der Waals surface area contributed by atoms with Gasteiger partial charge in [0, 0.05) is 31.6 Å². The van der Waals surface area contributed by atoms with Gasteiger partial charge in [0.25, 0.3) is 5.91 Å². The topological polar surface area (TPSA) is 48.1 Å². The van der Waals surface area contributed by atoms with Crippen molar-refractivity contribution in [3.05, 3.63) is 41.3 Å². The summed E-state index contributed by atoms with van der Waals surface area (Å²) in [7, 11) is 3.35. The Morgan fingerprint density at radius 1 is 1.33 bits per heavy atom. The molecule has 4 nitrogen and oxygen atoms in total. The fourth-order valence-electron chi connectivity index (χ4n) is 2.62. The normalized spacial score (nSPS) is 15.1. The van der Waals surface area contributed by atoms with Crippen LogP contribution in [0, 0.1) is 5.82 Å². The molecule has 2 heterocycles. The van der Waals surface area contributed by atoms with Crippen LogP contribution in [0.3, 0.4) is 0 Å². The molecule has 1 amide bonds. The number of amides is 1. The zero-order chi connectivity index (χ0) is 15.0. The maximum Gasteiger partial charge on any atom is 0.269 e. The smallest absolute Gasteiger partial charge is 0.269 e. The molecule has 2 N–H and O–H groups in total. The molecule has 0 radical (unpaired) electrons. The van der Waals surface area contributed by atoms with Crippen molar-refractivity contribution in [3.8, 4) is 0 Å². The van der Waals surface area contributed by atoms with Crippen molar-refractivity contribution in [2.24, 2.45) is 0 Å². The number of nitrogens with zero attached hydrogens (tertiary/aromatic N) is 1. The number of H-pyrrole nitrogens is 1. The molecule has 110 valence electrons. The fraction of sp³-hybridized carbons (Fsp3) is 0.312. The molecule has 0 saturated carbocycles. The molecule has 21 heavy (non-hydrogen) atoms. The van der Waals surface area contributed by atoms with E-state index >= 15 is 0 Å². The Morgan fingerprint density at radius 3 is 2.81 bits per heavy atom. The largest absolute Gasteiger partial charge is 0.348 e. The summed E-state index contributed by atoms with van der Waals surface area (Å²) in [5, 5.41) is 3.95. The molecular formula is C16H18FN3O. The maximum atomic E-state index is 14.7. The summed E-state index contributed by atoms with van der Waals surface area (Å²) in [5.41, 5.74) is 2.36. The number of carbonyl (C=O) groups excluding carboxylic acids is 1. The molecule has 0 saturated heterocycles. The lowest BCUT2D eigenvalue weighted by molar-refractivity contribution is 0.0823. The van der Waals surface area contributed by atoms with Crippen molar-refractivity contribution in [1.29, 1.82) is 0 Å². The Balaban J connectivity index is 2.08. The van der Waals surface area contributed by atoms with Crippen LogP contribution >= 0.6 is 0 Å². The average molecular weight is 287 g/mol. The fourth-order valence-corrected chi connectivity index (χ4v) is 2.62. The number of benzene rings is 1. The molecule has 1 aliphatic rings. The van der Waals surface area contributed by atoms with Crippen LogP contribution < -0.4 is 5.32 Å². The van der Waals surface area contributed by atoms with Crippen LogP contribution in [0.25, 0.3) is 16.5 Å². The third-order valence-corrected chi connectivity index (χ3v) is 3.74. The van der Waals surface area contributed by atoms with Gasteiger partial charge in [-0.2, -0.15) is 0 Å². The Morgan fingerprint density at radius 2 is 2.14 bits per heavy atom. The molecule has 0 fully saturated rings. The van der Waals surface area contributed by atoms with E-state index in [1.165, 1.54) is 4.90 Å². The highest BCUT2D eigenvalue weighted by atomic mass is 19.1. The molecule has 0 aliphatic carbocycles. The van der Waals surface area contributed by atoms with Crippen molar-refractivity contribution in [2.45, 2.75) is 6.42 Å². The summed E-state index contributed by atoms with van der Waals surface area (Å²) in [6, 6.07) is 5.33. The van der Waals surface area contributed by atoms with Gasteiger partial charge in [0.15, 0.2) is 5.82 Å². The minimum absolute atomic E-state index is 0.161. The van der Waals surface area contributed by atoms with Crippen LogP contribution in [0.15, 0.2) is 24.3 Å². The van der Waals surface area contributed by atoms with Crippen LogP contribution in [0.1, 0.15) is 22.5 Å². The molecule has 2 aromatic rings. The van der Waals surface area contributed by atoms with Gasteiger partial charge in [-0.15, -0.1) is 0 Å². The Bertz CT molecular complexity index is 730. The highest BCUT2D eigenvalue weighted by molar-refractivity contribution is 5.98. The van der Waals surface area contributed by atoms with E-state index in [1.54, 1.807) is 26.2 Å². The van der Waals surface area contributed by atoms with E-state index in [-0.39, 0.29) is 11.7 Å². The number of fused-ring (bicyclic) bond motifs is 1. The second-order valence-corrected chi connectivity index (χ2v) is 5.47. The molecule has 0 bridgehead atoms. The third-order valence-electron chi connectivity index (χ3n) is 3.74. The lowest BCUT2D eigenvalue weighted by atomic mass is 10.0. The van der Waals surface area contributed by atoms with Crippen molar-refractivity contribution >= 4 is 22.4 Å². The van der Waals surface area contributed by atoms with E-state index in [4.69, 9.17) is 0 Å². The van der Waals surface area contributed by atoms with Gasteiger partial charge in [0.2, 0.25) is 0 Å². The van der Waals surface area contributed by atoms with Crippen molar-refractivity contribution in [3.63, 3.8) is 0 Å². The predicted octanol–water partition coefficient (Wildman–Crippen LogP) is 2.39. The monoisotopic (exact) mass is 287 g/mol. The lowest BCUT2D eigenvalue weighted by Gasteiger charge is -2.15. The summed E-state index contributed by atoms with van der Waals surface area (Å²) < 4.78 is 14.7. The van der Waals surface area contributed by atoms with E-state index in [2.05, 4.69) is 16.4 Å². The molecule has 3 rings (SSSR count). The molecule has 0 unspecified atom stereocenters. The minimum Gasteiger partial charge on any atom is -0.348 e. The van der Waals surface area contributed by atoms with Crippen LogP contribution in [-0.2, 0) is 0 Å². The molecule has 1 aromatic carbocycles. The van der Waals surface area contributed by atoms with E-state index in [1.807, 2.05) is 6.07 Å². The second-order valence-electron chi connectivity index (χ2n) is 5.47. The number of aromatic nitrogens is 1. The van der Waals surface area contributed by atoms with E-state index in [0.29, 0.717) is 28.7 Å². The highest BCUT2D eigenvalue weighted by Gasteiger charge is 2.17. The Labute approximate surface area is 122 Å². The summed E-state index contributed by atoms with van der Waals surface area (Å²) in [6.45, 7) is 1.60. The van der Waals surface area contributed by atoms with E-state index in [9.17, 15) is 9.18 Å². The first-order valence-electron chi connectivity index (χ1n) is 7.01. The van der Waals surface area contributed by atoms with Crippen LogP contribution in [0.2, 0.25) is 0 Å². The zero-order valence-corrected chi connectivity index (χ0v) is 12.2. The standard InChI is InChI=1S/C16H18FN3O/c1-20(2)16(21)13-8-10-5-6-12(14(17)15(10)19-13)11-4-3-7-18-9-11/h4-6,8,18-19H,3,7,9H2,1-2H3. The number of carbonyl (C=O) groups is 1. The first-order valence-corrected chi connectivity index (χ1v) is 7.01. The maximum absolute atomic E-state index is 14.7. The number of hydrogen-bond acceptors (Lipinski definition) is 2. The second kappa shape index (κ2) is 5.33. The van der Waals surface area contributed by atoms with Gasteiger partial charge in [-0.25, -0.2) is 4.39 Å². The number of hydrogen-bond donors (Lipinski definition) is 2. The summed E-state index contributed by atoms with van der Waals surface area (Å²) in [5.74, 6) is -0.453. The van der Waals surface area contributed by atoms with Crippen LogP contribution in [-0.4, -0.2) is 43.0 Å². The van der Waals surface area contributed by atoms with Gasteiger partial charge < -0.3 is 15.2 Å². The first-order chi connectivity index (χ1) is 10.1.